The average Bonchev–Trinajstić information content (AvgIpc) is 3.44. The number of carbonyl (C=O) groups is 2. The normalized spacial score (nSPS) is 17.4. The molecule has 4 rings (SSSR count). The van der Waals surface area contributed by atoms with E-state index in [9.17, 15) is 14.0 Å². The minimum Gasteiger partial charge on any atom is -0.353 e. The molecule has 0 atom stereocenters. The maximum absolute atomic E-state index is 13.9. The molecule has 0 bridgehead atoms. The van der Waals surface area contributed by atoms with Crippen LogP contribution in [-0.2, 0) is 4.79 Å². The van der Waals surface area contributed by atoms with E-state index in [-0.39, 0.29) is 17.4 Å². The summed E-state index contributed by atoms with van der Waals surface area (Å²) in [5.74, 6) is -0.387. The summed E-state index contributed by atoms with van der Waals surface area (Å²) in [5.41, 5.74) is 0.108. The Bertz CT molecular complexity index is 895. The Morgan fingerprint density at radius 2 is 1.87 bits per heavy atom. The van der Waals surface area contributed by atoms with Crippen molar-refractivity contribution in [1.82, 2.24) is 20.4 Å². The van der Waals surface area contributed by atoms with E-state index in [1.807, 2.05) is 0 Å². The van der Waals surface area contributed by atoms with Crippen LogP contribution in [0.3, 0.4) is 0 Å². The van der Waals surface area contributed by atoms with Crippen molar-refractivity contribution in [1.29, 1.82) is 0 Å². The lowest BCUT2D eigenvalue weighted by atomic mass is 10.1. The van der Waals surface area contributed by atoms with Gasteiger partial charge < -0.3 is 15.1 Å². The highest BCUT2D eigenvalue weighted by Crippen LogP contribution is 2.29. The van der Waals surface area contributed by atoms with Crippen LogP contribution in [0, 0.1) is 5.82 Å². The third kappa shape index (κ3) is 5.10. The number of halogens is 1. The highest BCUT2D eigenvalue weighted by atomic mass is 32.2. The third-order valence-corrected chi connectivity index (χ3v) is 7.50. The molecule has 30 heavy (non-hydrogen) atoms. The third-order valence-electron chi connectivity index (χ3n) is 5.38. The second kappa shape index (κ2) is 9.74. The van der Waals surface area contributed by atoms with Gasteiger partial charge >= 0.3 is 0 Å². The summed E-state index contributed by atoms with van der Waals surface area (Å²) in [6.07, 6.45) is 4.53. The Kier molecular flexibility index (Phi) is 6.83. The number of thioether (sulfide) groups is 1. The first-order valence-electron chi connectivity index (χ1n) is 10.1. The van der Waals surface area contributed by atoms with Gasteiger partial charge in [-0.1, -0.05) is 48.1 Å². The van der Waals surface area contributed by atoms with Crippen molar-refractivity contribution < 1.29 is 14.0 Å². The topological polar surface area (TPSA) is 78.4 Å². The summed E-state index contributed by atoms with van der Waals surface area (Å²) in [6.45, 7) is 2.22. The molecule has 1 saturated heterocycles. The molecule has 160 valence electrons. The lowest BCUT2D eigenvalue weighted by Gasteiger charge is -2.34. The van der Waals surface area contributed by atoms with Gasteiger partial charge in [0.25, 0.3) is 5.91 Å². The maximum Gasteiger partial charge on any atom is 0.256 e. The number of benzene rings is 1. The number of rotatable bonds is 6. The van der Waals surface area contributed by atoms with Crippen molar-refractivity contribution >= 4 is 40.0 Å². The molecule has 2 fully saturated rings. The van der Waals surface area contributed by atoms with Gasteiger partial charge in [-0.15, -0.1) is 10.2 Å². The van der Waals surface area contributed by atoms with E-state index in [1.165, 1.54) is 48.1 Å². The Morgan fingerprint density at radius 3 is 2.60 bits per heavy atom. The van der Waals surface area contributed by atoms with Crippen LogP contribution in [0.4, 0.5) is 9.52 Å². The molecule has 2 heterocycles. The van der Waals surface area contributed by atoms with Crippen LogP contribution in [-0.4, -0.2) is 64.9 Å². The van der Waals surface area contributed by atoms with Crippen LogP contribution < -0.4 is 10.2 Å². The molecule has 2 aromatic rings. The Morgan fingerprint density at radius 1 is 1.13 bits per heavy atom. The van der Waals surface area contributed by atoms with E-state index in [0.717, 1.165) is 22.3 Å². The number of aromatic nitrogens is 2. The Balaban J connectivity index is 1.25. The molecule has 0 unspecified atom stereocenters. The highest BCUT2D eigenvalue weighted by Gasteiger charge is 2.25. The summed E-state index contributed by atoms with van der Waals surface area (Å²) < 4.78 is 14.6. The van der Waals surface area contributed by atoms with Crippen molar-refractivity contribution in [2.45, 2.75) is 36.1 Å². The smallest absolute Gasteiger partial charge is 0.256 e. The first-order chi connectivity index (χ1) is 14.6. The first-order valence-corrected chi connectivity index (χ1v) is 11.9. The summed E-state index contributed by atoms with van der Waals surface area (Å²) in [7, 11) is 0. The van der Waals surface area contributed by atoms with Gasteiger partial charge in [0, 0.05) is 32.2 Å². The predicted octanol–water partition coefficient (Wildman–Crippen LogP) is 2.79. The fraction of sp³-hybridized carbons (Fsp3) is 0.500. The number of nitrogens with one attached hydrogen (secondary N) is 1. The quantitative estimate of drug-likeness (QED) is 0.684. The van der Waals surface area contributed by atoms with Gasteiger partial charge in [-0.25, -0.2) is 4.39 Å². The van der Waals surface area contributed by atoms with Gasteiger partial charge in [0.1, 0.15) is 5.82 Å². The fourth-order valence-electron chi connectivity index (χ4n) is 3.76. The van der Waals surface area contributed by atoms with Crippen molar-refractivity contribution in [3.05, 3.63) is 35.6 Å². The number of amides is 2. The van der Waals surface area contributed by atoms with E-state index in [1.54, 1.807) is 17.0 Å². The van der Waals surface area contributed by atoms with Crippen molar-refractivity contribution in [2.75, 3.05) is 36.8 Å². The zero-order valence-electron chi connectivity index (χ0n) is 16.6. The summed E-state index contributed by atoms with van der Waals surface area (Å²) in [6, 6.07) is 6.39. The monoisotopic (exact) mass is 449 g/mol. The van der Waals surface area contributed by atoms with Crippen LogP contribution in [0.25, 0.3) is 0 Å². The molecular weight excluding hydrogens is 425 g/mol. The Hall–Kier alpha value is -2.20. The average molecular weight is 450 g/mol. The number of anilines is 1. The van der Waals surface area contributed by atoms with Crippen LogP contribution in [0.15, 0.2) is 28.6 Å². The lowest BCUT2D eigenvalue weighted by Crippen LogP contribution is -2.49. The molecule has 1 N–H and O–H groups in total. The van der Waals surface area contributed by atoms with Crippen LogP contribution >= 0.6 is 23.1 Å². The zero-order valence-corrected chi connectivity index (χ0v) is 18.2. The fourth-order valence-corrected chi connectivity index (χ4v) is 5.46. The SMILES string of the molecule is O=C(CSc1nnc(N2CCN(C(=O)c3ccccc3F)CC2)s1)NC1CCCC1. The number of nitrogens with zero attached hydrogens (tertiary/aromatic N) is 4. The first kappa shape index (κ1) is 21.0. The molecule has 10 heteroatoms. The van der Waals surface area contributed by atoms with Crippen molar-refractivity contribution in [3.8, 4) is 0 Å². The molecule has 1 aromatic carbocycles. The van der Waals surface area contributed by atoms with E-state index in [2.05, 4.69) is 20.4 Å². The predicted molar refractivity (Wildman–Crippen MR) is 116 cm³/mol. The lowest BCUT2D eigenvalue weighted by molar-refractivity contribution is -0.119. The number of carbonyl (C=O) groups excluding carboxylic acids is 2. The van der Waals surface area contributed by atoms with E-state index < -0.39 is 5.82 Å². The largest absolute Gasteiger partial charge is 0.353 e. The zero-order chi connectivity index (χ0) is 20.9. The number of piperazine rings is 1. The number of hydrogen-bond acceptors (Lipinski definition) is 7. The summed E-state index contributed by atoms with van der Waals surface area (Å²) in [5, 5.41) is 12.3. The van der Waals surface area contributed by atoms with E-state index in [4.69, 9.17) is 0 Å². The second-order valence-corrected chi connectivity index (χ2v) is 9.63. The highest BCUT2D eigenvalue weighted by molar-refractivity contribution is 8.01. The molecule has 2 aliphatic rings. The molecule has 7 nitrogen and oxygen atoms in total. The van der Waals surface area contributed by atoms with Crippen molar-refractivity contribution in [2.24, 2.45) is 0 Å². The van der Waals surface area contributed by atoms with Gasteiger partial charge in [0.15, 0.2) is 4.34 Å². The molecule has 1 aromatic heterocycles. The van der Waals surface area contributed by atoms with Gasteiger partial charge in [0.2, 0.25) is 11.0 Å². The van der Waals surface area contributed by atoms with Crippen LogP contribution in [0.2, 0.25) is 0 Å². The van der Waals surface area contributed by atoms with Gasteiger partial charge in [0.05, 0.1) is 11.3 Å². The van der Waals surface area contributed by atoms with Gasteiger partial charge in [-0.05, 0) is 25.0 Å². The van der Waals surface area contributed by atoms with Gasteiger partial charge in [-0.2, -0.15) is 0 Å². The minimum atomic E-state index is -0.493. The van der Waals surface area contributed by atoms with Crippen LogP contribution in [0.1, 0.15) is 36.0 Å². The molecule has 1 saturated carbocycles. The standard InChI is InChI=1S/C20H24FN5O2S2/c21-16-8-4-3-7-15(16)18(28)25-9-11-26(12-10-25)19-23-24-20(30-19)29-13-17(27)22-14-5-1-2-6-14/h3-4,7-8,14H,1-2,5-6,9-13H2,(H,22,27). The molecule has 0 spiro atoms. The number of hydrogen-bond donors (Lipinski definition) is 1. The molecular formula is C20H24FN5O2S2. The maximum atomic E-state index is 13.9. The summed E-state index contributed by atoms with van der Waals surface area (Å²) >= 11 is 2.86. The Labute approximate surface area is 183 Å². The van der Waals surface area contributed by atoms with Crippen LogP contribution in [0.5, 0.6) is 0 Å². The molecule has 1 aliphatic carbocycles. The van der Waals surface area contributed by atoms with E-state index >= 15 is 0 Å². The molecule has 1 aliphatic heterocycles. The second-order valence-electron chi connectivity index (χ2n) is 7.45. The van der Waals surface area contributed by atoms with E-state index in [0.29, 0.717) is 38.0 Å². The van der Waals surface area contributed by atoms with Crippen molar-refractivity contribution in [3.63, 3.8) is 0 Å². The minimum absolute atomic E-state index is 0.0453. The molecule has 0 radical (unpaired) electrons. The molecule has 2 amide bonds. The van der Waals surface area contributed by atoms with Gasteiger partial charge in [-0.3, -0.25) is 9.59 Å². The summed E-state index contributed by atoms with van der Waals surface area (Å²) in [4.78, 5) is 28.4.